The summed E-state index contributed by atoms with van der Waals surface area (Å²) in [5, 5.41) is 2.88. The second-order valence-corrected chi connectivity index (χ2v) is 5.79. The van der Waals surface area contributed by atoms with E-state index >= 15 is 0 Å². The van der Waals surface area contributed by atoms with E-state index in [1.165, 1.54) is 0 Å². The number of hydrogen-bond acceptors (Lipinski definition) is 2. The Labute approximate surface area is 132 Å². The summed E-state index contributed by atoms with van der Waals surface area (Å²) in [5.41, 5.74) is 2.29. The molecule has 0 aliphatic heterocycles. The minimum atomic E-state index is -0.499. The smallest absolute Gasteiger partial charge is 0.260 e. The molecule has 3 nitrogen and oxygen atoms in total. The number of carbonyl (C=O) groups is 1. The number of hydrogen-bond donors (Lipinski definition) is 1. The van der Waals surface area contributed by atoms with Gasteiger partial charge >= 0.3 is 0 Å². The molecule has 0 fully saturated rings. The van der Waals surface area contributed by atoms with Crippen molar-refractivity contribution in [2.24, 2.45) is 5.92 Å². The molecule has 0 saturated carbocycles. The standard InChI is InChI=1S/C19H23NO2/c1-14(2)13-20-19(21)15(3)22-18-11-9-17(10-12-18)16-7-5-4-6-8-16/h4-12,14-15H,13H2,1-3H3,(H,20,21). The summed E-state index contributed by atoms with van der Waals surface area (Å²) in [6, 6.07) is 18.0. The lowest BCUT2D eigenvalue weighted by atomic mass is 10.1. The Balaban J connectivity index is 1.95. The van der Waals surface area contributed by atoms with Gasteiger partial charge < -0.3 is 10.1 Å². The molecule has 22 heavy (non-hydrogen) atoms. The normalized spacial score (nSPS) is 12.0. The second kappa shape index (κ2) is 7.64. The Morgan fingerprint density at radius 3 is 2.14 bits per heavy atom. The van der Waals surface area contributed by atoms with Gasteiger partial charge in [-0.25, -0.2) is 0 Å². The van der Waals surface area contributed by atoms with E-state index in [9.17, 15) is 4.79 Å². The molecule has 116 valence electrons. The van der Waals surface area contributed by atoms with Crippen LogP contribution in [0.25, 0.3) is 11.1 Å². The van der Waals surface area contributed by atoms with Crippen LogP contribution in [-0.2, 0) is 4.79 Å². The monoisotopic (exact) mass is 297 g/mol. The molecule has 2 rings (SSSR count). The van der Waals surface area contributed by atoms with Crippen molar-refractivity contribution in [1.29, 1.82) is 0 Å². The fourth-order valence-electron chi connectivity index (χ4n) is 2.06. The van der Waals surface area contributed by atoms with Crippen molar-refractivity contribution in [3.63, 3.8) is 0 Å². The van der Waals surface area contributed by atoms with Crippen molar-refractivity contribution in [3.8, 4) is 16.9 Å². The molecule has 0 radical (unpaired) electrons. The maximum atomic E-state index is 11.9. The molecule has 1 atom stereocenters. The molecule has 1 amide bonds. The number of nitrogens with one attached hydrogen (secondary N) is 1. The minimum absolute atomic E-state index is 0.0826. The molecular formula is C19H23NO2. The van der Waals surface area contributed by atoms with E-state index in [1.807, 2.05) is 42.5 Å². The molecule has 3 heteroatoms. The van der Waals surface area contributed by atoms with Crippen molar-refractivity contribution in [3.05, 3.63) is 54.6 Å². The summed E-state index contributed by atoms with van der Waals surface area (Å²) in [7, 11) is 0. The Kier molecular flexibility index (Phi) is 5.59. The topological polar surface area (TPSA) is 38.3 Å². The van der Waals surface area contributed by atoms with Gasteiger partial charge in [0.25, 0.3) is 5.91 Å². The van der Waals surface area contributed by atoms with E-state index in [-0.39, 0.29) is 5.91 Å². The molecule has 0 bridgehead atoms. The zero-order chi connectivity index (χ0) is 15.9. The Hall–Kier alpha value is -2.29. The van der Waals surface area contributed by atoms with Gasteiger partial charge in [0, 0.05) is 6.54 Å². The highest BCUT2D eigenvalue weighted by atomic mass is 16.5. The Morgan fingerprint density at radius 2 is 1.55 bits per heavy atom. The highest BCUT2D eigenvalue weighted by molar-refractivity contribution is 5.80. The first-order valence-corrected chi connectivity index (χ1v) is 7.66. The lowest BCUT2D eigenvalue weighted by molar-refractivity contribution is -0.127. The maximum absolute atomic E-state index is 11.9. The SMILES string of the molecule is CC(C)CNC(=O)C(C)Oc1ccc(-c2ccccc2)cc1. The number of carbonyl (C=O) groups excluding carboxylic acids is 1. The van der Waals surface area contributed by atoms with Crippen molar-refractivity contribution in [1.82, 2.24) is 5.32 Å². The van der Waals surface area contributed by atoms with E-state index < -0.39 is 6.10 Å². The molecule has 1 unspecified atom stereocenters. The molecule has 0 aliphatic carbocycles. The number of benzene rings is 2. The van der Waals surface area contributed by atoms with Gasteiger partial charge in [-0.1, -0.05) is 56.3 Å². The van der Waals surface area contributed by atoms with Crippen LogP contribution in [0.15, 0.2) is 54.6 Å². The molecule has 0 aliphatic rings. The zero-order valence-corrected chi connectivity index (χ0v) is 13.4. The molecule has 0 saturated heterocycles. The quantitative estimate of drug-likeness (QED) is 0.878. The average molecular weight is 297 g/mol. The lowest BCUT2D eigenvalue weighted by Gasteiger charge is -2.16. The van der Waals surface area contributed by atoms with Gasteiger partial charge in [0.05, 0.1) is 0 Å². The number of rotatable bonds is 6. The highest BCUT2D eigenvalue weighted by Gasteiger charge is 2.14. The first kappa shape index (κ1) is 16.1. The summed E-state index contributed by atoms with van der Waals surface area (Å²) >= 11 is 0. The summed E-state index contributed by atoms with van der Waals surface area (Å²) in [4.78, 5) is 11.9. The van der Waals surface area contributed by atoms with Crippen molar-refractivity contribution in [2.45, 2.75) is 26.9 Å². The van der Waals surface area contributed by atoms with Gasteiger partial charge in [0.2, 0.25) is 0 Å². The third-order valence-corrected chi connectivity index (χ3v) is 3.33. The summed E-state index contributed by atoms with van der Waals surface area (Å²) in [5.74, 6) is 1.05. The molecule has 2 aromatic carbocycles. The predicted molar refractivity (Wildman–Crippen MR) is 89.8 cm³/mol. The molecule has 0 heterocycles. The summed E-state index contributed by atoms with van der Waals surface area (Å²) in [6.07, 6.45) is -0.499. The van der Waals surface area contributed by atoms with E-state index in [0.29, 0.717) is 18.2 Å². The first-order valence-electron chi connectivity index (χ1n) is 7.66. The van der Waals surface area contributed by atoms with Crippen LogP contribution < -0.4 is 10.1 Å². The fraction of sp³-hybridized carbons (Fsp3) is 0.316. The zero-order valence-electron chi connectivity index (χ0n) is 13.4. The van der Waals surface area contributed by atoms with Crippen LogP contribution in [0.1, 0.15) is 20.8 Å². The number of ether oxygens (including phenoxy) is 1. The summed E-state index contributed by atoms with van der Waals surface area (Å²) in [6.45, 7) is 6.56. The second-order valence-electron chi connectivity index (χ2n) is 5.79. The molecule has 0 aromatic heterocycles. The molecular weight excluding hydrogens is 274 g/mol. The van der Waals surface area contributed by atoms with E-state index in [2.05, 4.69) is 31.3 Å². The predicted octanol–water partition coefficient (Wildman–Crippen LogP) is 3.89. The summed E-state index contributed by atoms with van der Waals surface area (Å²) < 4.78 is 5.69. The van der Waals surface area contributed by atoms with Crippen molar-refractivity contribution >= 4 is 5.91 Å². The average Bonchev–Trinajstić information content (AvgIpc) is 2.54. The molecule has 1 N–H and O–H groups in total. The van der Waals surface area contributed by atoms with Gasteiger partial charge in [-0.3, -0.25) is 4.79 Å². The lowest BCUT2D eigenvalue weighted by Crippen LogP contribution is -2.38. The van der Waals surface area contributed by atoms with Gasteiger partial charge in [-0.15, -0.1) is 0 Å². The molecule has 0 spiro atoms. The van der Waals surface area contributed by atoms with Gasteiger partial charge in [-0.2, -0.15) is 0 Å². The third kappa shape index (κ3) is 4.62. The maximum Gasteiger partial charge on any atom is 0.260 e. The van der Waals surface area contributed by atoms with E-state index in [1.54, 1.807) is 6.92 Å². The van der Waals surface area contributed by atoms with Crippen LogP contribution in [0.4, 0.5) is 0 Å². The van der Waals surface area contributed by atoms with Crippen LogP contribution in [0.3, 0.4) is 0 Å². The van der Waals surface area contributed by atoms with Crippen LogP contribution in [-0.4, -0.2) is 18.6 Å². The van der Waals surface area contributed by atoms with Gasteiger partial charge in [-0.05, 0) is 36.1 Å². The van der Waals surface area contributed by atoms with Crippen LogP contribution in [0.2, 0.25) is 0 Å². The minimum Gasteiger partial charge on any atom is -0.481 e. The van der Waals surface area contributed by atoms with Gasteiger partial charge in [0.1, 0.15) is 5.75 Å². The van der Waals surface area contributed by atoms with Crippen molar-refractivity contribution in [2.75, 3.05) is 6.54 Å². The molecule has 2 aromatic rings. The largest absolute Gasteiger partial charge is 0.481 e. The fourth-order valence-corrected chi connectivity index (χ4v) is 2.06. The third-order valence-electron chi connectivity index (χ3n) is 3.33. The van der Waals surface area contributed by atoms with Crippen LogP contribution in [0, 0.1) is 5.92 Å². The first-order chi connectivity index (χ1) is 10.6. The van der Waals surface area contributed by atoms with Crippen LogP contribution >= 0.6 is 0 Å². The van der Waals surface area contributed by atoms with E-state index in [0.717, 1.165) is 11.1 Å². The Bertz CT molecular complexity index is 591. The van der Waals surface area contributed by atoms with Gasteiger partial charge in [0.15, 0.2) is 6.10 Å². The van der Waals surface area contributed by atoms with Crippen LogP contribution in [0.5, 0.6) is 5.75 Å². The number of amides is 1. The Morgan fingerprint density at radius 1 is 0.955 bits per heavy atom. The van der Waals surface area contributed by atoms with Crippen molar-refractivity contribution < 1.29 is 9.53 Å². The highest BCUT2D eigenvalue weighted by Crippen LogP contribution is 2.22. The van der Waals surface area contributed by atoms with E-state index in [4.69, 9.17) is 4.74 Å².